The fraction of sp³-hybridized carbons (Fsp3) is 0.429. The number of hydrogen-bond donors (Lipinski definition) is 2. The van der Waals surface area contributed by atoms with Crippen molar-refractivity contribution >= 4 is 34.7 Å². The highest BCUT2D eigenvalue weighted by Crippen LogP contribution is 2.30. The number of ether oxygens (including phenoxy) is 1. The van der Waals surface area contributed by atoms with Crippen molar-refractivity contribution in [3.63, 3.8) is 0 Å². The van der Waals surface area contributed by atoms with Gasteiger partial charge in [0.15, 0.2) is 6.04 Å². The number of hydrogen-bond acceptors (Lipinski definition) is 6. The van der Waals surface area contributed by atoms with Gasteiger partial charge in [-0.2, -0.15) is 0 Å². The molecule has 0 aliphatic heterocycles. The van der Waals surface area contributed by atoms with Crippen molar-refractivity contribution in [1.29, 1.82) is 0 Å². The van der Waals surface area contributed by atoms with E-state index in [9.17, 15) is 14.4 Å². The third-order valence-electron chi connectivity index (χ3n) is 4.95. The van der Waals surface area contributed by atoms with E-state index in [2.05, 4.69) is 15.6 Å². The van der Waals surface area contributed by atoms with Crippen molar-refractivity contribution in [2.45, 2.75) is 37.8 Å². The van der Waals surface area contributed by atoms with Gasteiger partial charge in [0.1, 0.15) is 0 Å². The summed E-state index contributed by atoms with van der Waals surface area (Å²) >= 11 is 1.35. The van der Waals surface area contributed by atoms with E-state index in [-0.39, 0.29) is 11.9 Å². The van der Waals surface area contributed by atoms with Crippen LogP contribution in [0.2, 0.25) is 0 Å². The van der Waals surface area contributed by atoms with Crippen molar-refractivity contribution in [3.05, 3.63) is 46.9 Å². The van der Waals surface area contributed by atoms with Gasteiger partial charge in [-0.05, 0) is 36.4 Å². The molecule has 160 valence electrons. The Balaban J connectivity index is 1.92. The van der Waals surface area contributed by atoms with Crippen LogP contribution in [-0.2, 0) is 19.1 Å². The molecular weight excluding hydrogens is 404 g/mol. The van der Waals surface area contributed by atoms with Gasteiger partial charge in [0.25, 0.3) is 0 Å². The Bertz CT molecular complexity index is 838. The molecule has 2 heterocycles. The molecule has 1 unspecified atom stereocenters. The maximum Gasteiger partial charge on any atom is 0.317 e. The van der Waals surface area contributed by atoms with Crippen molar-refractivity contribution in [3.8, 4) is 0 Å². The fourth-order valence-corrected chi connectivity index (χ4v) is 4.31. The molecule has 1 aliphatic carbocycles. The Hall–Kier alpha value is -2.78. The number of carbonyl (C=O) groups is 3. The molecule has 0 saturated heterocycles. The lowest BCUT2D eigenvalue weighted by molar-refractivity contribution is -0.139. The van der Waals surface area contributed by atoms with Crippen molar-refractivity contribution in [1.82, 2.24) is 15.6 Å². The molecule has 3 rings (SSSR count). The average Bonchev–Trinajstić information content (AvgIpc) is 3.46. The van der Waals surface area contributed by atoms with Gasteiger partial charge < -0.3 is 15.4 Å². The molecule has 2 N–H and O–H groups in total. The highest BCUT2D eigenvalue weighted by Gasteiger charge is 2.37. The van der Waals surface area contributed by atoms with Gasteiger partial charge in [0, 0.05) is 30.8 Å². The lowest BCUT2D eigenvalue weighted by Crippen LogP contribution is -2.51. The number of nitrogens with one attached hydrogen (secondary N) is 2. The van der Waals surface area contributed by atoms with E-state index in [1.807, 2.05) is 5.38 Å². The summed E-state index contributed by atoms with van der Waals surface area (Å²) in [5.74, 6) is -1.88. The van der Waals surface area contributed by atoms with Gasteiger partial charge in [-0.1, -0.05) is 18.9 Å². The Labute approximate surface area is 179 Å². The second-order valence-corrected chi connectivity index (χ2v) is 8.02. The fourth-order valence-electron chi connectivity index (χ4n) is 3.50. The van der Waals surface area contributed by atoms with Crippen LogP contribution >= 0.6 is 11.3 Å². The van der Waals surface area contributed by atoms with Crippen LogP contribution in [0.15, 0.2) is 42.0 Å². The molecule has 0 radical (unpaired) electrons. The van der Waals surface area contributed by atoms with Crippen molar-refractivity contribution < 1.29 is 19.1 Å². The lowest BCUT2D eigenvalue weighted by Gasteiger charge is -2.30. The summed E-state index contributed by atoms with van der Waals surface area (Å²) in [5.41, 5.74) is 0.379. The van der Waals surface area contributed by atoms with Crippen molar-refractivity contribution in [2.24, 2.45) is 0 Å². The van der Waals surface area contributed by atoms with Gasteiger partial charge in [-0.3, -0.25) is 24.3 Å². The summed E-state index contributed by atoms with van der Waals surface area (Å²) in [6.45, 7) is 0.631. The number of nitrogens with zero attached hydrogens (tertiary/aromatic N) is 2. The van der Waals surface area contributed by atoms with E-state index >= 15 is 0 Å². The van der Waals surface area contributed by atoms with Crippen LogP contribution in [0.4, 0.5) is 5.69 Å². The molecule has 2 aromatic heterocycles. The number of aromatic nitrogens is 1. The summed E-state index contributed by atoms with van der Waals surface area (Å²) in [7, 11) is 1.54. The average molecular weight is 431 g/mol. The van der Waals surface area contributed by atoms with E-state index in [0.717, 1.165) is 25.7 Å². The van der Waals surface area contributed by atoms with Crippen LogP contribution < -0.4 is 15.5 Å². The molecule has 0 aromatic carbocycles. The number of pyridine rings is 1. The van der Waals surface area contributed by atoms with Gasteiger partial charge in [-0.25, -0.2) is 0 Å². The zero-order chi connectivity index (χ0) is 21.3. The molecule has 1 atom stereocenters. The molecule has 0 bridgehead atoms. The Morgan fingerprint density at radius 3 is 2.70 bits per heavy atom. The number of amides is 3. The van der Waals surface area contributed by atoms with E-state index in [1.54, 1.807) is 37.6 Å². The first-order valence-electron chi connectivity index (χ1n) is 9.96. The Morgan fingerprint density at radius 2 is 2.07 bits per heavy atom. The van der Waals surface area contributed by atoms with Gasteiger partial charge in [0.05, 0.1) is 18.5 Å². The number of thiophene rings is 1. The molecule has 1 saturated carbocycles. The number of rotatable bonds is 8. The van der Waals surface area contributed by atoms with Crippen molar-refractivity contribution in [2.75, 3.05) is 25.2 Å². The third kappa shape index (κ3) is 5.43. The number of carbonyl (C=O) groups excluding carboxylic acids is 3. The van der Waals surface area contributed by atoms with Crippen LogP contribution in [-0.4, -0.2) is 49.0 Å². The van der Waals surface area contributed by atoms with E-state index in [1.165, 1.54) is 22.4 Å². The summed E-state index contributed by atoms with van der Waals surface area (Å²) in [6.07, 6.45) is 6.83. The first-order chi connectivity index (χ1) is 14.6. The van der Waals surface area contributed by atoms with E-state index in [4.69, 9.17) is 4.74 Å². The SMILES string of the molecule is COCCNC(=O)C(c1cccs1)N(C(=O)C(=O)NC1CCCC1)c1cccnc1. The number of methoxy groups -OCH3 is 1. The van der Waals surface area contributed by atoms with Crippen LogP contribution in [0.1, 0.15) is 36.6 Å². The van der Waals surface area contributed by atoms with Crippen LogP contribution in [0.25, 0.3) is 0 Å². The minimum Gasteiger partial charge on any atom is -0.383 e. The summed E-state index contributed by atoms with van der Waals surface area (Å²) < 4.78 is 5.00. The monoisotopic (exact) mass is 430 g/mol. The molecule has 1 aliphatic rings. The Morgan fingerprint density at radius 1 is 1.27 bits per heavy atom. The molecule has 8 nitrogen and oxygen atoms in total. The second kappa shape index (κ2) is 10.8. The van der Waals surface area contributed by atoms with Gasteiger partial charge in [-0.15, -0.1) is 11.3 Å². The standard InChI is InChI=1S/C21H26N4O4S/c1-29-12-11-23-19(26)18(17-9-5-13-30-17)25(16-8-4-10-22-14-16)21(28)20(27)24-15-6-2-3-7-15/h4-5,8-10,13-15,18H,2-3,6-7,11-12H2,1H3,(H,23,26)(H,24,27). The van der Waals surface area contributed by atoms with Crippen LogP contribution in [0.5, 0.6) is 0 Å². The van der Waals surface area contributed by atoms with Gasteiger partial charge in [0.2, 0.25) is 5.91 Å². The molecule has 0 spiro atoms. The normalized spacial score (nSPS) is 14.8. The predicted molar refractivity (Wildman–Crippen MR) is 114 cm³/mol. The van der Waals surface area contributed by atoms with Gasteiger partial charge >= 0.3 is 11.8 Å². The predicted octanol–water partition coefficient (Wildman–Crippen LogP) is 2.04. The smallest absolute Gasteiger partial charge is 0.317 e. The van der Waals surface area contributed by atoms with Crippen LogP contribution in [0.3, 0.4) is 0 Å². The third-order valence-corrected chi connectivity index (χ3v) is 5.88. The summed E-state index contributed by atoms with van der Waals surface area (Å²) in [5, 5.41) is 7.44. The zero-order valence-electron chi connectivity index (χ0n) is 16.9. The van der Waals surface area contributed by atoms with Crippen LogP contribution in [0, 0.1) is 0 Å². The minimum atomic E-state index is -0.993. The molecule has 30 heavy (non-hydrogen) atoms. The molecule has 2 aromatic rings. The Kier molecular flexibility index (Phi) is 7.92. The lowest BCUT2D eigenvalue weighted by atomic mass is 10.1. The topological polar surface area (TPSA) is 101 Å². The molecular formula is C21H26N4O4S. The summed E-state index contributed by atoms with van der Waals surface area (Å²) in [6, 6.07) is 5.91. The maximum absolute atomic E-state index is 13.3. The minimum absolute atomic E-state index is 0.00656. The molecule has 1 fully saturated rings. The van der Waals surface area contributed by atoms with E-state index in [0.29, 0.717) is 23.7 Å². The second-order valence-electron chi connectivity index (χ2n) is 7.04. The number of anilines is 1. The van der Waals surface area contributed by atoms with E-state index < -0.39 is 17.9 Å². The largest absolute Gasteiger partial charge is 0.383 e. The first-order valence-corrected chi connectivity index (χ1v) is 10.8. The summed E-state index contributed by atoms with van der Waals surface area (Å²) in [4.78, 5) is 45.1. The molecule has 9 heteroatoms. The zero-order valence-corrected chi connectivity index (χ0v) is 17.7. The molecule has 3 amide bonds. The highest BCUT2D eigenvalue weighted by atomic mass is 32.1. The maximum atomic E-state index is 13.3. The quantitative estimate of drug-likeness (QED) is 0.493. The highest BCUT2D eigenvalue weighted by molar-refractivity contribution is 7.10. The first kappa shape index (κ1) is 21.9.